The van der Waals surface area contributed by atoms with Gasteiger partial charge in [0.05, 0.1) is 32.8 Å². The maximum Gasteiger partial charge on any atom is 0.406 e. The minimum Gasteiger partial charge on any atom is -0.493 e. The molecule has 2 aliphatic rings. The van der Waals surface area contributed by atoms with E-state index in [1.54, 1.807) is 18.2 Å². The van der Waals surface area contributed by atoms with Crippen molar-refractivity contribution in [3.05, 3.63) is 64.9 Å². The number of halogens is 3. The van der Waals surface area contributed by atoms with Gasteiger partial charge >= 0.3 is 6.18 Å². The van der Waals surface area contributed by atoms with Crippen LogP contribution in [0.3, 0.4) is 0 Å². The van der Waals surface area contributed by atoms with Crippen molar-refractivity contribution in [3.8, 4) is 17.2 Å². The third-order valence-electron chi connectivity index (χ3n) is 7.32. The fourth-order valence-corrected chi connectivity index (χ4v) is 5.51. The van der Waals surface area contributed by atoms with E-state index in [4.69, 9.17) is 18.6 Å². The Kier molecular flexibility index (Phi) is 8.08. The van der Waals surface area contributed by atoms with E-state index >= 15 is 0 Å². The number of amides is 2. The molecule has 2 amide bonds. The minimum absolute atomic E-state index is 0.0849. The largest absolute Gasteiger partial charge is 0.493 e. The Hall–Kier alpha value is -4.56. The number of benzene rings is 2. The summed E-state index contributed by atoms with van der Waals surface area (Å²) in [6.45, 7) is -2.41. The van der Waals surface area contributed by atoms with E-state index < -0.39 is 61.1 Å². The molecule has 4 atom stereocenters. The van der Waals surface area contributed by atoms with Gasteiger partial charge in [-0.1, -0.05) is 12.1 Å². The van der Waals surface area contributed by atoms with E-state index in [0.29, 0.717) is 16.6 Å². The Balaban J connectivity index is 1.63. The zero-order valence-electron chi connectivity index (χ0n) is 22.9. The van der Waals surface area contributed by atoms with Gasteiger partial charge in [-0.25, -0.2) is 0 Å². The van der Waals surface area contributed by atoms with Crippen molar-refractivity contribution < 1.29 is 56.4 Å². The van der Waals surface area contributed by atoms with Gasteiger partial charge in [0, 0.05) is 28.6 Å². The van der Waals surface area contributed by atoms with Gasteiger partial charge in [-0.05, 0) is 30.3 Å². The number of methoxy groups -OCH3 is 2. The number of aliphatic hydroxyl groups excluding tert-OH is 2. The number of para-hydroxylation sites is 1. The molecule has 1 aliphatic carbocycles. The average molecular weight is 605 g/mol. The lowest BCUT2D eigenvalue weighted by Crippen LogP contribution is -2.57. The van der Waals surface area contributed by atoms with Gasteiger partial charge in [-0.2, -0.15) is 13.2 Å². The number of carbonyl (C=O) groups excluding carboxylic acids is 3. The molecule has 43 heavy (non-hydrogen) atoms. The zero-order chi connectivity index (χ0) is 31.1. The van der Waals surface area contributed by atoms with Crippen molar-refractivity contribution in [2.24, 2.45) is 0 Å². The van der Waals surface area contributed by atoms with Crippen LogP contribution in [0.5, 0.6) is 17.2 Å². The van der Waals surface area contributed by atoms with Crippen LogP contribution in [0.2, 0.25) is 0 Å². The molecule has 3 aromatic rings. The van der Waals surface area contributed by atoms with Gasteiger partial charge in [-0.15, -0.1) is 0 Å². The van der Waals surface area contributed by atoms with E-state index in [1.165, 1.54) is 32.4 Å². The van der Waals surface area contributed by atoms with E-state index in [1.807, 2.05) is 0 Å². The normalized spacial score (nSPS) is 20.9. The summed E-state index contributed by atoms with van der Waals surface area (Å²) in [6.07, 6.45) is -6.43. The minimum atomic E-state index is -4.91. The number of hydrogen-bond donors (Lipinski definition) is 3. The van der Waals surface area contributed by atoms with Crippen LogP contribution in [-0.2, 0) is 4.79 Å². The third-order valence-corrected chi connectivity index (χ3v) is 7.32. The predicted molar refractivity (Wildman–Crippen MR) is 143 cm³/mol. The molecule has 0 fully saturated rings. The zero-order valence-corrected chi connectivity index (χ0v) is 22.9. The first-order chi connectivity index (χ1) is 20.5. The lowest BCUT2D eigenvalue weighted by Gasteiger charge is -2.40. The van der Waals surface area contributed by atoms with Crippen molar-refractivity contribution >= 4 is 29.1 Å². The van der Waals surface area contributed by atoms with Crippen LogP contribution in [0.1, 0.15) is 32.4 Å². The van der Waals surface area contributed by atoms with Crippen molar-refractivity contribution in [2.75, 3.05) is 33.9 Å². The molecule has 5 rings (SSSR count). The van der Waals surface area contributed by atoms with E-state index in [0.717, 1.165) is 6.08 Å². The van der Waals surface area contributed by atoms with Crippen LogP contribution >= 0.6 is 0 Å². The van der Waals surface area contributed by atoms with Crippen molar-refractivity contribution in [1.82, 2.24) is 10.2 Å². The first-order valence-corrected chi connectivity index (χ1v) is 13.1. The van der Waals surface area contributed by atoms with Crippen LogP contribution in [-0.4, -0.2) is 91.6 Å². The number of hydrogen-bond acceptors (Lipinski definition) is 9. The molecule has 0 spiro atoms. The summed E-state index contributed by atoms with van der Waals surface area (Å²) in [5.41, 5.74) is 0.453. The van der Waals surface area contributed by atoms with Gasteiger partial charge in [0.2, 0.25) is 5.91 Å². The Labute approximate surface area is 242 Å². The summed E-state index contributed by atoms with van der Waals surface area (Å²) in [5.74, 6) is -3.05. The fourth-order valence-electron chi connectivity index (χ4n) is 5.51. The number of rotatable bonds is 9. The Morgan fingerprint density at radius 3 is 2.53 bits per heavy atom. The quantitative estimate of drug-likeness (QED) is 0.314. The van der Waals surface area contributed by atoms with Gasteiger partial charge in [0.25, 0.3) is 5.91 Å². The third kappa shape index (κ3) is 5.50. The Bertz CT molecular complexity index is 1600. The highest BCUT2D eigenvalue weighted by molar-refractivity contribution is 5.99. The summed E-state index contributed by atoms with van der Waals surface area (Å²) < 4.78 is 64.0. The number of aldehydes is 1. The van der Waals surface area contributed by atoms with Crippen molar-refractivity contribution in [3.63, 3.8) is 0 Å². The van der Waals surface area contributed by atoms with Gasteiger partial charge in [-0.3, -0.25) is 14.4 Å². The fraction of sp³-hybridized carbons (Fsp3) is 0.345. The molecule has 2 aromatic carbocycles. The monoisotopic (exact) mass is 604 g/mol. The SMILES string of the molecule is COc1cc(C=O)cc2c1OC1C2C(C(=O)NCCO)=CC(N(CC(F)(F)F)C(=O)c2cc3cccc(OC)c3o2)C1O. The number of nitrogens with zero attached hydrogens (tertiary/aromatic N) is 1. The van der Waals surface area contributed by atoms with Crippen molar-refractivity contribution in [2.45, 2.75) is 30.3 Å². The number of ether oxygens (including phenoxy) is 3. The molecule has 228 valence electrons. The predicted octanol–water partition coefficient (Wildman–Crippen LogP) is 2.59. The molecule has 3 N–H and O–H groups in total. The molecule has 2 heterocycles. The van der Waals surface area contributed by atoms with Crippen molar-refractivity contribution in [1.29, 1.82) is 0 Å². The first-order valence-electron chi connectivity index (χ1n) is 13.1. The van der Waals surface area contributed by atoms with Gasteiger partial charge in [0.15, 0.2) is 28.6 Å². The second-order valence-electron chi connectivity index (χ2n) is 9.94. The van der Waals surface area contributed by atoms with E-state index in [-0.39, 0.29) is 46.1 Å². The van der Waals surface area contributed by atoms with Crippen LogP contribution in [0.15, 0.2) is 52.5 Å². The Morgan fingerprint density at radius 1 is 1.14 bits per heavy atom. The molecule has 0 radical (unpaired) electrons. The van der Waals surface area contributed by atoms with Crippen LogP contribution in [0, 0.1) is 0 Å². The molecule has 1 aromatic heterocycles. The number of furan rings is 1. The second-order valence-corrected chi connectivity index (χ2v) is 9.94. The lowest BCUT2D eigenvalue weighted by atomic mass is 9.77. The molecular formula is C29H27F3N2O9. The lowest BCUT2D eigenvalue weighted by molar-refractivity contribution is -0.149. The summed E-state index contributed by atoms with van der Waals surface area (Å²) >= 11 is 0. The number of aliphatic hydroxyl groups is 2. The highest BCUT2D eigenvalue weighted by atomic mass is 19.4. The molecule has 0 saturated carbocycles. The maximum atomic E-state index is 13.9. The van der Waals surface area contributed by atoms with Gasteiger partial charge < -0.3 is 39.1 Å². The molecule has 14 heteroatoms. The highest BCUT2D eigenvalue weighted by Crippen LogP contribution is 2.51. The van der Waals surface area contributed by atoms with Crippen LogP contribution < -0.4 is 19.5 Å². The highest BCUT2D eigenvalue weighted by Gasteiger charge is 2.53. The molecule has 0 saturated heterocycles. The summed E-state index contributed by atoms with van der Waals surface area (Å²) in [6, 6.07) is 7.09. The summed E-state index contributed by atoms with van der Waals surface area (Å²) in [7, 11) is 2.68. The molecule has 1 aliphatic heterocycles. The smallest absolute Gasteiger partial charge is 0.406 e. The van der Waals surface area contributed by atoms with Crippen LogP contribution in [0.4, 0.5) is 13.2 Å². The standard InChI is InChI=1S/C29H27F3N2O9/c1-40-19-5-3-4-15-10-21(42-24(15)19)28(39)34(13-29(30,31)32)18-11-17(27(38)33-6-7-35)22-16-8-14(12-36)9-20(41-2)25(16)43-26(22)23(18)37/h3-5,8-12,18,22-23,26,35,37H,6-7,13H2,1-2H3,(H,33,38). The number of alkyl halides is 3. The van der Waals surface area contributed by atoms with Gasteiger partial charge in [0.1, 0.15) is 25.0 Å². The number of nitrogens with one attached hydrogen (secondary N) is 1. The van der Waals surface area contributed by atoms with Crippen LogP contribution in [0.25, 0.3) is 11.0 Å². The summed E-state index contributed by atoms with van der Waals surface area (Å²) in [4.78, 5) is 39.0. The Morgan fingerprint density at radius 2 is 1.88 bits per heavy atom. The molecular weight excluding hydrogens is 577 g/mol. The summed E-state index contributed by atoms with van der Waals surface area (Å²) in [5, 5.41) is 23.6. The topological polar surface area (TPSA) is 148 Å². The van der Waals surface area contributed by atoms with E-state index in [2.05, 4.69) is 5.32 Å². The number of fused-ring (bicyclic) bond motifs is 4. The first kappa shape index (κ1) is 29.9. The second kappa shape index (κ2) is 11.6. The van der Waals surface area contributed by atoms with E-state index in [9.17, 15) is 37.8 Å². The maximum absolute atomic E-state index is 13.9. The molecule has 11 nitrogen and oxygen atoms in total. The number of carbonyl (C=O) groups is 3. The molecule has 4 unspecified atom stereocenters. The molecule has 0 bridgehead atoms. The average Bonchev–Trinajstić information content (AvgIpc) is 3.60.